The zero-order valence-corrected chi connectivity index (χ0v) is 18.1. The van der Waals surface area contributed by atoms with Gasteiger partial charge in [-0.05, 0) is 19.3 Å². The minimum atomic E-state index is -0.0204. The molecule has 9 heteroatoms. The van der Waals surface area contributed by atoms with Gasteiger partial charge in [-0.25, -0.2) is 4.99 Å². The van der Waals surface area contributed by atoms with Gasteiger partial charge in [-0.2, -0.15) is 0 Å². The topological polar surface area (TPSA) is 89.1 Å². The molecule has 25 heavy (non-hydrogen) atoms. The van der Waals surface area contributed by atoms with Crippen LogP contribution in [0.15, 0.2) is 4.99 Å². The van der Waals surface area contributed by atoms with Crippen LogP contribution < -0.4 is 16.0 Å². The number of halogens is 1. The van der Waals surface area contributed by atoms with Gasteiger partial charge in [0.25, 0.3) is 0 Å². The number of amides is 2. The summed E-state index contributed by atoms with van der Waals surface area (Å²) in [6, 6.07) is 0.309. The van der Waals surface area contributed by atoms with Gasteiger partial charge in [0.05, 0.1) is 6.54 Å². The van der Waals surface area contributed by atoms with Crippen LogP contribution in [0.3, 0.4) is 0 Å². The molecule has 1 fully saturated rings. The number of nitrogens with zero attached hydrogens (tertiary/aromatic N) is 3. The minimum absolute atomic E-state index is 0. The number of carbonyl (C=O) groups is 2. The first-order chi connectivity index (χ1) is 11.5. The molecule has 0 aliphatic carbocycles. The molecule has 2 amide bonds. The Bertz CT molecular complexity index is 436. The summed E-state index contributed by atoms with van der Waals surface area (Å²) < 4.78 is 0. The largest absolute Gasteiger partial charge is 0.358 e. The van der Waals surface area contributed by atoms with Crippen molar-refractivity contribution in [3.63, 3.8) is 0 Å². The highest BCUT2D eigenvalue weighted by Gasteiger charge is 2.21. The van der Waals surface area contributed by atoms with E-state index in [9.17, 15) is 9.59 Å². The summed E-state index contributed by atoms with van der Waals surface area (Å²) >= 11 is 0. The summed E-state index contributed by atoms with van der Waals surface area (Å²) in [5, 5.41) is 9.32. The van der Waals surface area contributed by atoms with Gasteiger partial charge in [-0.3, -0.25) is 14.5 Å². The Labute approximate surface area is 168 Å². The molecule has 0 atom stereocenters. The van der Waals surface area contributed by atoms with Crippen LogP contribution >= 0.6 is 24.0 Å². The summed E-state index contributed by atoms with van der Waals surface area (Å²) in [6.45, 7) is 5.26. The highest BCUT2D eigenvalue weighted by molar-refractivity contribution is 14.0. The molecule has 0 aromatic rings. The smallest absolute Gasteiger partial charge is 0.243 e. The van der Waals surface area contributed by atoms with Gasteiger partial charge in [0.2, 0.25) is 11.8 Å². The van der Waals surface area contributed by atoms with Crippen molar-refractivity contribution in [2.75, 3.05) is 53.9 Å². The number of carbonyl (C=O) groups excluding carboxylic acids is 2. The predicted molar refractivity (Wildman–Crippen MR) is 111 cm³/mol. The van der Waals surface area contributed by atoms with Gasteiger partial charge < -0.3 is 20.9 Å². The summed E-state index contributed by atoms with van der Waals surface area (Å²) in [5.41, 5.74) is 0. The molecule has 8 nitrogen and oxygen atoms in total. The van der Waals surface area contributed by atoms with Crippen LogP contribution in [0.5, 0.6) is 0 Å². The first-order valence-corrected chi connectivity index (χ1v) is 8.64. The lowest BCUT2D eigenvalue weighted by molar-refractivity contribution is -0.127. The number of likely N-dealkylation sites (N-methyl/N-ethyl adjacent to an activating group) is 2. The Balaban J connectivity index is 0.00000576. The van der Waals surface area contributed by atoms with E-state index < -0.39 is 0 Å². The van der Waals surface area contributed by atoms with E-state index in [1.165, 1.54) is 4.90 Å². The van der Waals surface area contributed by atoms with E-state index in [0.29, 0.717) is 18.5 Å². The van der Waals surface area contributed by atoms with E-state index >= 15 is 0 Å². The number of piperidine rings is 1. The Morgan fingerprint density at radius 2 is 1.88 bits per heavy atom. The van der Waals surface area contributed by atoms with Crippen LogP contribution in [0.25, 0.3) is 0 Å². The van der Waals surface area contributed by atoms with Crippen LogP contribution in [-0.2, 0) is 9.59 Å². The van der Waals surface area contributed by atoms with Crippen LogP contribution in [0.2, 0.25) is 0 Å². The molecule has 1 aliphatic rings. The van der Waals surface area contributed by atoms with E-state index in [1.807, 2.05) is 0 Å². The molecule has 1 heterocycles. The number of nitrogens with one attached hydrogen (secondary N) is 3. The fraction of sp³-hybridized carbons (Fsp3) is 0.812. The molecule has 0 saturated carbocycles. The van der Waals surface area contributed by atoms with Crippen LogP contribution in [0, 0.1) is 0 Å². The average Bonchev–Trinajstić information content (AvgIpc) is 2.58. The monoisotopic (exact) mass is 468 g/mol. The Morgan fingerprint density at radius 3 is 2.40 bits per heavy atom. The summed E-state index contributed by atoms with van der Waals surface area (Å²) in [6.07, 6.45) is 2.89. The van der Waals surface area contributed by atoms with E-state index in [2.05, 4.69) is 32.8 Å². The van der Waals surface area contributed by atoms with Gasteiger partial charge in [0.15, 0.2) is 5.96 Å². The van der Waals surface area contributed by atoms with Crippen molar-refractivity contribution in [1.82, 2.24) is 25.8 Å². The van der Waals surface area contributed by atoms with Crippen molar-refractivity contribution in [1.29, 1.82) is 0 Å². The number of likely N-dealkylation sites (tertiary alicyclic amines) is 1. The number of rotatable bonds is 7. The molecular weight excluding hydrogens is 435 g/mol. The van der Waals surface area contributed by atoms with Crippen LogP contribution in [0.1, 0.15) is 26.2 Å². The summed E-state index contributed by atoms with van der Waals surface area (Å²) in [7, 11) is 5.12. The summed E-state index contributed by atoms with van der Waals surface area (Å²) in [5.74, 6) is 0.722. The fourth-order valence-electron chi connectivity index (χ4n) is 2.39. The number of hydrogen-bond acceptors (Lipinski definition) is 4. The van der Waals surface area contributed by atoms with Crippen LogP contribution in [-0.4, -0.2) is 87.5 Å². The van der Waals surface area contributed by atoms with Gasteiger partial charge in [-0.1, -0.05) is 6.92 Å². The van der Waals surface area contributed by atoms with Gasteiger partial charge >= 0.3 is 0 Å². The molecule has 0 unspecified atom stereocenters. The lowest BCUT2D eigenvalue weighted by Crippen LogP contribution is -2.50. The highest BCUT2D eigenvalue weighted by Crippen LogP contribution is 2.09. The summed E-state index contributed by atoms with van der Waals surface area (Å²) in [4.78, 5) is 31.2. The first kappa shape index (κ1) is 23.9. The molecule has 0 aromatic carbocycles. The molecule has 0 bridgehead atoms. The maximum absolute atomic E-state index is 11.7. The third kappa shape index (κ3) is 9.83. The van der Waals surface area contributed by atoms with E-state index in [0.717, 1.165) is 38.9 Å². The SMILES string of the molecule is CCCNC(=NCC(=O)N(C)C)NC1CCN(CC(=O)NC)CC1.I. The lowest BCUT2D eigenvalue weighted by Gasteiger charge is -2.32. The number of guanidine groups is 1. The van der Waals surface area contributed by atoms with Crippen molar-refractivity contribution in [3.8, 4) is 0 Å². The third-order valence-corrected chi connectivity index (χ3v) is 3.99. The maximum Gasteiger partial charge on any atom is 0.243 e. The molecule has 0 aromatic heterocycles. The molecule has 0 radical (unpaired) electrons. The van der Waals surface area contributed by atoms with Gasteiger partial charge in [0, 0.05) is 46.8 Å². The standard InChI is InChI=1S/C16H32N6O2.HI/c1-5-8-18-16(19-11-15(24)21(3)4)20-13-6-9-22(10-7-13)12-14(23)17-2;/h13H,5-12H2,1-4H3,(H,17,23)(H2,18,19,20);1H. The van der Waals surface area contributed by atoms with Gasteiger partial charge in [-0.15, -0.1) is 24.0 Å². The average molecular weight is 468 g/mol. The van der Waals surface area contributed by atoms with Crippen molar-refractivity contribution < 1.29 is 9.59 Å². The van der Waals surface area contributed by atoms with Crippen molar-refractivity contribution in [2.45, 2.75) is 32.2 Å². The second-order valence-corrected chi connectivity index (χ2v) is 6.25. The minimum Gasteiger partial charge on any atom is -0.358 e. The highest BCUT2D eigenvalue weighted by atomic mass is 127. The Morgan fingerprint density at radius 1 is 1.24 bits per heavy atom. The molecule has 0 spiro atoms. The molecule has 146 valence electrons. The van der Waals surface area contributed by atoms with E-state index in [-0.39, 0.29) is 42.3 Å². The van der Waals surface area contributed by atoms with Crippen molar-refractivity contribution >= 4 is 41.8 Å². The molecule has 1 aliphatic heterocycles. The molecular formula is C16H33IN6O2. The predicted octanol–water partition coefficient (Wildman–Crippen LogP) is -0.152. The quantitative estimate of drug-likeness (QED) is 0.275. The first-order valence-electron chi connectivity index (χ1n) is 8.64. The normalized spacial score (nSPS) is 15.9. The maximum atomic E-state index is 11.7. The fourth-order valence-corrected chi connectivity index (χ4v) is 2.39. The zero-order valence-electron chi connectivity index (χ0n) is 15.8. The van der Waals surface area contributed by atoms with E-state index in [4.69, 9.17) is 0 Å². The third-order valence-electron chi connectivity index (χ3n) is 3.99. The zero-order chi connectivity index (χ0) is 17.9. The molecule has 1 rings (SSSR count). The van der Waals surface area contributed by atoms with Gasteiger partial charge in [0.1, 0.15) is 6.54 Å². The number of aliphatic imine (C=N–C) groups is 1. The molecule has 3 N–H and O–H groups in total. The Kier molecular flexibility index (Phi) is 12.6. The lowest BCUT2D eigenvalue weighted by atomic mass is 10.1. The Hall–Kier alpha value is -1.10. The molecule has 1 saturated heterocycles. The van der Waals surface area contributed by atoms with Crippen molar-refractivity contribution in [3.05, 3.63) is 0 Å². The van der Waals surface area contributed by atoms with E-state index in [1.54, 1.807) is 21.1 Å². The van der Waals surface area contributed by atoms with Crippen LogP contribution in [0.4, 0.5) is 0 Å². The second-order valence-electron chi connectivity index (χ2n) is 6.25. The number of hydrogen-bond donors (Lipinski definition) is 3. The van der Waals surface area contributed by atoms with Crippen molar-refractivity contribution in [2.24, 2.45) is 4.99 Å². The second kappa shape index (κ2) is 13.2.